The topological polar surface area (TPSA) is 81.8 Å². The summed E-state index contributed by atoms with van der Waals surface area (Å²) < 4.78 is 0. The van der Waals surface area contributed by atoms with Gasteiger partial charge in [-0.05, 0) is 35.8 Å². The number of thiocarbonyl (C=S) groups is 1. The number of fused-ring (bicyclic) bond motifs is 1. The average Bonchev–Trinajstić information content (AvgIpc) is 2.67. The third-order valence-corrected chi connectivity index (χ3v) is 4.44. The molecule has 140 valence electrons. The van der Waals surface area contributed by atoms with Crippen LogP contribution in [0, 0.1) is 5.41 Å². The van der Waals surface area contributed by atoms with Crippen molar-refractivity contribution in [1.29, 1.82) is 0 Å². The van der Waals surface area contributed by atoms with E-state index in [1.807, 2.05) is 48.5 Å². The van der Waals surface area contributed by atoms with Crippen molar-refractivity contribution in [2.45, 2.75) is 13.8 Å². The highest BCUT2D eigenvalue weighted by atomic mass is 32.1. The fraction of sp³-hybridized carbons (Fsp3) is 0.250. The summed E-state index contributed by atoms with van der Waals surface area (Å²) >= 11 is 5.36. The number of hydrogen-bond donors (Lipinski definition) is 4. The van der Waals surface area contributed by atoms with Gasteiger partial charge in [-0.1, -0.05) is 50.2 Å². The number of nitrogens with zero attached hydrogens (tertiary/aromatic N) is 1. The van der Waals surface area contributed by atoms with Gasteiger partial charge < -0.3 is 16.0 Å². The molecule has 7 heteroatoms. The first-order chi connectivity index (χ1) is 12.9. The number of para-hydroxylation sites is 1. The molecular weight excluding hydrogens is 358 g/mol. The van der Waals surface area contributed by atoms with E-state index in [0.717, 1.165) is 11.1 Å². The Morgan fingerprint density at radius 3 is 2.44 bits per heavy atom. The van der Waals surface area contributed by atoms with Crippen LogP contribution in [0.5, 0.6) is 0 Å². The second kappa shape index (κ2) is 8.18. The Labute approximate surface area is 163 Å². The molecule has 27 heavy (non-hydrogen) atoms. The molecule has 6 nitrogen and oxygen atoms in total. The maximum Gasteiger partial charge on any atom is 0.272 e. The summed E-state index contributed by atoms with van der Waals surface area (Å²) in [4.78, 5) is 11.9. The van der Waals surface area contributed by atoms with Gasteiger partial charge in [0.1, 0.15) is 0 Å². The van der Waals surface area contributed by atoms with Gasteiger partial charge in [-0.25, -0.2) is 5.10 Å². The van der Waals surface area contributed by atoms with Crippen molar-refractivity contribution in [3.63, 3.8) is 0 Å². The smallest absolute Gasteiger partial charge is 0.272 e. The quantitative estimate of drug-likeness (QED) is 0.490. The van der Waals surface area contributed by atoms with Crippen molar-refractivity contribution in [2.24, 2.45) is 5.41 Å². The summed E-state index contributed by atoms with van der Waals surface area (Å²) in [7, 11) is 0. The largest absolute Gasteiger partial charge is 0.368 e. The first-order valence-corrected chi connectivity index (χ1v) is 9.17. The monoisotopic (exact) mass is 381 g/mol. The van der Waals surface area contributed by atoms with Gasteiger partial charge in [0.2, 0.25) is 0 Å². The molecule has 3 aromatic rings. The fourth-order valence-electron chi connectivity index (χ4n) is 2.65. The summed E-state index contributed by atoms with van der Waals surface area (Å²) in [6.07, 6.45) is 0. The molecule has 2 aromatic carbocycles. The molecule has 4 N–H and O–H groups in total. The molecule has 0 spiro atoms. The predicted molar refractivity (Wildman–Crippen MR) is 115 cm³/mol. The Morgan fingerprint density at radius 1 is 1.04 bits per heavy atom. The Hall–Kier alpha value is -2.93. The van der Waals surface area contributed by atoms with Crippen LogP contribution in [0.25, 0.3) is 10.8 Å². The lowest BCUT2D eigenvalue weighted by Gasteiger charge is -2.26. The molecule has 1 aromatic heterocycles. The number of anilines is 2. The molecule has 0 atom stereocenters. The van der Waals surface area contributed by atoms with Crippen LogP contribution >= 0.6 is 12.2 Å². The van der Waals surface area contributed by atoms with Crippen molar-refractivity contribution in [3.05, 3.63) is 65.0 Å². The molecule has 0 saturated heterocycles. The van der Waals surface area contributed by atoms with E-state index in [2.05, 4.69) is 40.0 Å². The van der Waals surface area contributed by atoms with Crippen molar-refractivity contribution >= 4 is 39.6 Å². The molecule has 0 aliphatic heterocycles. The maximum atomic E-state index is 11.9. The molecule has 0 amide bonds. The molecular formula is C20H23N5OS. The number of H-pyrrole nitrogens is 1. The first kappa shape index (κ1) is 18.8. The number of hydrogen-bond acceptors (Lipinski definition) is 4. The fourth-order valence-corrected chi connectivity index (χ4v) is 2.84. The summed E-state index contributed by atoms with van der Waals surface area (Å²) in [5.74, 6) is 0.670. The van der Waals surface area contributed by atoms with E-state index in [1.54, 1.807) is 6.07 Å². The zero-order valence-electron chi connectivity index (χ0n) is 15.4. The van der Waals surface area contributed by atoms with Gasteiger partial charge in [-0.2, -0.15) is 5.10 Å². The molecule has 0 aliphatic rings. The summed E-state index contributed by atoms with van der Waals surface area (Å²) in [6.45, 7) is 5.61. The number of aromatic nitrogens is 2. The minimum absolute atomic E-state index is 0.0959. The van der Waals surface area contributed by atoms with Crippen molar-refractivity contribution < 1.29 is 0 Å². The van der Waals surface area contributed by atoms with E-state index >= 15 is 0 Å². The summed E-state index contributed by atoms with van der Waals surface area (Å²) in [5.41, 5.74) is 0.672. The van der Waals surface area contributed by atoms with E-state index in [4.69, 9.17) is 12.2 Å². The molecule has 0 aliphatic carbocycles. The summed E-state index contributed by atoms with van der Waals surface area (Å²) in [6, 6.07) is 17.2. The van der Waals surface area contributed by atoms with E-state index < -0.39 is 0 Å². The van der Waals surface area contributed by atoms with Gasteiger partial charge in [0.15, 0.2) is 10.9 Å². The van der Waals surface area contributed by atoms with Crippen LogP contribution in [0.1, 0.15) is 13.8 Å². The normalized spacial score (nSPS) is 11.2. The lowest BCUT2D eigenvalue weighted by atomic mass is 9.93. The van der Waals surface area contributed by atoms with Gasteiger partial charge in [-0.3, -0.25) is 4.79 Å². The summed E-state index contributed by atoms with van der Waals surface area (Å²) in [5, 5.41) is 18.5. The molecule has 0 saturated carbocycles. The SMILES string of the molecule is CC(C)(CNC(=S)Nc1ccccc1)CNc1n[nH]c(=O)c2ccccc12. The highest BCUT2D eigenvalue weighted by Gasteiger charge is 2.19. The van der Waals surface area contributed by atoms with E-state index in [1.165, 1.54) is 0 Å². The highest BCUT2D eigenvalue weighted by Crippen LogP contribution is 2.20. The standard InChI is InChI=1S/C20H23N5OS/c1-20(2,13-22-19(27)23-14-8-4-3-5-9-14)12-21-17-15-10-6-7-11-16(15)18(26)25-24-17/h3-11H,12-13H2,1-2H3,(H,21,24)(H,25,26)(H2,22,23,27). The number of benzene rings is 2. The molecule has 0 bridgehead atoms. The number of nitrogens with one attached hydrogen (secondary N) is 4. The highest BCUT2D eigenvalue weighted by molar-refractivity contribution is 7.80. The van der Waals surface area contributed by atoms with Crippen molar-refractivity contribution in [3.8, 4) is 0 Å². The Balaban J connectivity index is 1.58. The van der Waals surface area contributed by atoms with E-state index in [-0.39, 0.29) is 11.0 Å². The molecule has 0 unspecified atom stereocenters. The van der Waals surface area contributed by atoms with Gasteiger partial charge >= 0.3 is 0 Å². The van der Waals surface area contributed by atoms with E-state index in [9.17, 15) is 4.79 Å². The van der Waals surface area contributed by atoms with Gasteiger partial charge in [0.25, 0.3) is 5.56 Å². The molecule has 1 heterocycles. The minimum atomic E-state index is -0.186. The molecule has 3 rings (SSSR count). The van der Waals surface area contributed by atoms with Gasteiger partial charge in [-0.15, -0.1) is 0 Å². The van der Waals surface area contributed by atoms with Crippen LogP contribution in [-0.4, -0.2) is 28.4 Å². The molecule has 0 radical (unpaired) electrons. The Bertz CT molecular complexity index is 984. The maximum absolute atomic E-state index is 11.9. The second-order valence-corrected chi connectivity index (χ2v) is 7.55. The van der Waals surface area contributed by atoms with Crippen LogP contribution < -0.4 is 21.5 Å². The van der Waals surface area contributed by atoms with Crippen LogP contribution in [-0.2, 0) is 0 Å². The van der Waals surface area contributed by atoms with E-state index in [0.29, 0.717) is 29.4 Å². The zero-order chi connectivity index (χ0) is 19.3. The predicted octanol–water partition coefficient (Wildman–Crippen LogP) is 3.35. The van der Waals surface area contributed by atoms with Gasteiger partial charge in [0.05, 0.1) is 5.39 Å². The Kier molecular flexibility index (Phi) is 5.71. The Morgan fingerprint density at radius 2 is 1.70 bits per heavy atom. The van der Waals surface area contributed by atoms with Crippen molar-refractivity contribution in [1.82, 2.24) is 15.5 Å². The van der Waals surface area contributed by atoms with Crippen LogP contribution in [0.3, 0.4) is 0 Å². The minimum Gasteiger partial charge on any atom is -0.368 e. The lowest BCUT2D eigenvalue weighted by Crippen LogP contribution is -2.40. The van der Waals surface area contributed by atoms with Gasteiger partial charge in [0, 0.05) is 24.2 Å². The average molecular weight is 382 g/mol. The first-order valence-electron chi connectivity index (χ1n) is 8.76. The van der Waals surface area contributed by atoms with Crippen LogP contribution in [0.2, 0.25) is 0 Å². The van der Waals surface area contributed by atoms with Crippen LogP contribution in [0.4, 0.5) is 11.5 Å². The number of rotatable bonds is 6. The lowest BCUT2D eigenvalue weighted by molar-refractivity contribution is 0.388. The van der Waals surface area contributed by atoms with Crippen LogP contribution in [0.15, 0.2) is 59.4 Å². The zero-order valence-corrected chi connectivity index (χ0v) is 16.2. The third-order valence-electron chi connectivity index (χ3n) is 4.19. The second-order valence-electron chi connectivity index (χ2n) is 7.14. The number of aromatic amines is 1. The molecule has 0 fully saturated rings. The third kappa shape index (κ3) is 5.04. The van der Waals surface area contributed by atoms with Crippen molar-refractivity contribution in [2.75, 3.05) is 23.7 Å².